The molecular weight excluding hydrogens is 420 g/mol. The van der Waals surface area contributed by atoms with Crippen LogP contribution in [0.2, 0.25) is 0 Å². The molecule has 7 nitrogen and oxygen atoms in total. The summed E-state index contributed by atoms with van der Waals surface area (Å²) >= 11 is 0. The van der Waals surface area contributed by atoms with Gasteiger partial charge in [0.2, 0.25) is 12.7 Å². The van der Waals surface area contributed by atoms with Crippen LogP contribution in [0.3, 0.4) is 0 Å². The molecular formula is C26H36N2O5. The van der Waals surface area contributed by atoms with Crippen molar-refractivity contribution in [3.05, 3.63) is 53.7 Å². The number of fused-ring (bicyclic) bond motifs is 2. The molecule has 2 heterocycles. The van der Waals surface area contributed by atoms with Crippen molar-refractivity contribution < 1.29 is 28.8 Å². The summed E-state index contributed by atoms with van der Waals surface area (Å²) < 4.78 is 12.9. The van der Waals surface area contributed by atoms with Crippen LogP contribution in [0, 0.1) is 0 Å². The minimum Gasteiger partial charge on any atom is -0.454 e. The normalized spacial score (nSPS) is 17.2. The summed E-state index contributed by atoms with van der Waals surface area (Å²) in [5.41, 5.74) is 3.03. The molecule has 7 heteroatoms. The number of aliphatic hydroxyl groups is 2. The van der Waals surface area contributed by atoms with Gasteiger partial charge in [-0.05, 0) is 54.8 Å². The first kappa shape index (κ1) is 21.8. The Morgan fingerprint density at radius 2 is 1.91 bits per heavy atom. The molecule has 0 spiro atoms. The van der Waals surface area contributed by atoms with E-state index in [1.165, 1.54) is 0 Å². The van der Waals surface area contributed by atoms with Crippen molar-refractivity contribution in [1.82, 2.24) is 4.57 Å². The molecule has 2 aliphatic rings. The fraction of sp³-hybridized carbons (Fsp3) is 0.423. The zero-order valence-corrected chi connectivity index (χ0v) is 19.2. The van der Waals surface area contributed by atoms with Crippen molar-refractivity contribution in [1.29, 1.82) is 0 Å². The number of carbonyl (C=O) groups is 1. The molecule has 3 N–H and O–H groups in total. The van der Waals surface area contributed by atoms with Gasteiger partial charge in [-0.2, -0.15) is 0 Å². The van der Waals surface area contributed by atoms with Crippen LogP contribution in [0.4, 0.5) is 5.69 Å². The highest BCUT2D eigenvalue weighted by Gasteiger charge is 2.51. The van der Waals surface area contributed by atoms with E-state index in [0.29, 0.717) is 18.0 Å². The van der Waals surface area contributed by atoms with Gasteiger partial charge in [-0.15, -0.1) is 0 Å². The van der Waals surface area contributed by atoms with Gasteiger partial charge in [-0.25, -0.2) is 0 Å². The summed E-state index contributed by atoms with van der Waals surface area (Å²) in [6.07, 6.45) is 0.756. The van der Waals surface area contributed by atoms with Gasteiger partial charge >= 0.3 is 0 Å². The van der Waals surface area contributed by atoms with E-state index in [9.17, 15) is 15.0 Å². The van der Waals surface area contributed by atoms with Crippen LogP contribution < -0.4 is 14.8 Å². The number of rotatable bonds is 6. The number of hydrogen-bond donors (Lipinski definition) is 3. The van der Waals surface area contributed by atoms with Crippen molar-refractivity contribution in [2.75, 3.05) is 18.7 Å². The van der Waals surface area contributed by atoms with Crippen molar-refractivity contribution in [3.63, 3.8) is 0 Å². The maximum absolute atomic E-state index is 13.3. The summed E-state index contributed by atoms with van der Waals surface area (Å²) in [7, 11) is 0. The molecule has 0 saturated heterocycles. The summed E-state index contributed by atoms with van der Waals surface area (Å²) in [5, 5.41) is 23.5. The first-order valence-electron chi connectivity index (χ1n) is 11.4. The lowest BCUT2D eigenvalue weighted by atomic mass is 9.92. The van der Waals surface area contributed by atoms with Gasteiger partial charge in [0.1, 0.15) is 0 Å². The van der Waals surface area contributed by atoms with Gasteiger partial charge in [0, 0.05) is 32.0 Å². The Hall–Kier alpha value is -3.03. The van der Waals surface area contributed by atoms with Crippen molar-refractivity contribution in [3.8, 4) is 11.5 Å². The fourth-order valence-corrected chi connectivity index (χ4v) is 4.65. The molecule has 1 aliphatic heterocycles. The van der Waals surface area contributed by atoms with Gasteiger partial charge < -0.3 is 29.6 Å². The number of hydrogen-bond acceptors (Lipinski definition) is 5. The van der Waals surface area contributed by atoms with Crippen molar-refractivity contribution in [2.45, 2.75) is 57.1 Å². The quantitative estimate of drug-likeness (QED) is 0.510. The third kappa shape index (κ3) is 3.85. The monoisotopic (exact) mass is 456 g/mol. The number of benzene rings is 2. The number of carbonyl (C=O) groups excluding carboxylic acids is 1. The minimum atomic E-state index is -0.836. The predicted molar refractivity (Wildman–Crippen MR) is 132 cm³/mol. The van der Waals surface area contributed by atoms with E-state index >= 15 is 0 Å². The lowest BCUT2D eigenvalue weighted by molar-refractivity contribution is -0.118. The Labute approximate surface area is 197 Å². The molecule has 1 fully saturated rings. The maximum atomic E-state index is 13.3. The summed E-state index contributed by atoms with van der Waals surface area (Å²) in [6, 6.07) is 13.7. The van der Waals surface area contributed by atoms with Gasteiger partial charge in [-0.3, -0.25) is 4.79 Å². The molecule has 180 valence electrons. The zero-order chi connectivity index (χ0) is 23.4. The summed E-state index contributed by atoms with van der Waals surface area (Å²) in [5.74, 6) is 1.38. The number of ether oxygens (including phenoxy) is 2. The van der Waals surface area contributed by atoms with Gasteiger partial charge in [-0.1, -0.05) is 26.8 Å². The SMILES string of the molecule is CC(C)(C)c1cc2cc(NC(=O)C3(c4ccc5c(c4)OCO5)CC3)ccc2n1C[C@@H](O)CO.[HH].[HH].[HH]. The van der Waals surface area contributed by atoms with Crippen molar-refractivity contribution >= 4 is 22.5 Å². The summed E-state index contributed by atoms with van der Waals surface area (Å²) in [4.78, 5) is 13.3. The molecule has 1 saturated carbocycles. The Kier molecular flexibility index (Phi) is 5.14. The first-order chi connectivity index (χ1) is 15.7. The molecule has 0 radical (unpaired) electrons. The summed E-state index contributed by atoms with van der Waals surface area (Å²) in [6.45, 7) is 6.59. The van der Waals surface area contributed by atoms with Crippen LogP contribution in [0.5, 0.6) is 11.5 Å². The highest BCUT2D eigenvalue weighted by molar-refractivity contribution is 6.02. The van der Waals surface area contributed by atoms with Gasteiger partial charge in [0.15, 0.2) is 11.5 Å². The van der Waals surface area contributed by atoms with E-state index in [1.807, 2.05) is 36.4 Å². The maximum Gasteiger partial charge on any atom is 0.235 e. The Morgan fingerprint density at radius 3 is 2.61 bits per heavy atom. The lowest BCUT2D eigenvalue weighted by Gasteiger charge is -2.23. The largest absolute Gasteiger partial charge is 0.454 e. The number of aromatic nitrogens is 1. The smallest absolute Gasteiger partial charge is 0.235 e. The van der Waals surface area contributed by atoms with Crippen LogP contribution in [0.15, 0.2) is 42.5 Å². The van der Waals surface area contributed by atoms with Crippen LogP contribution >= 0.6 is 0 Å². The Morgan fingerprint density at radius 1 is 1.15 bits per heavy atom. The third-order valence-corrected chi connectivity index (χ3v) is 6.64. The highest BCUT2D eigenvalue weighted by Crippen LogP contribution is 2.51. The number of nitrogens with one attached hydrogen (secondary N) is 1. The fourth-order valence-electron chi connectivity index (χ4n) is 4.65. The number of nitrogens with zero attached hydrogens (tertiary/aromatic N) is 1. The first-order valence-corrected chi connectivity index (χ1v) is 11.4. The standard InChI is InChI=1S/C26H30N2O5.3H2/c1-25(2,3)23-11-16-10-18(5-6-20(16)28(23)13-19(30)14-29)27-24(31)26(8-9-26)17-4-7-21-22(12-17)33-15-32-21;;;/h4-7,10-12,19,29-30H,8-9,13-15H2,1-3H3,(H,27,31);3*1H/t19-;;;/m1.../s1. The van der Waals surface area contributed by atoms with E-state index in [4.69, 9.17) is 9.47 Å². The molecule has 33 heavy (non-hydrogen) atoms. The second kappa shape index (κ2) is 7.78. The van der Waals surface area contributed by atoms with Crippen LogP contribution in [0.1, 0.15) is 49.2 Å². The number of aliphatic hydroxyl groups excluding tert-OH is 2. The van der Waals surface area contributed by atoms with Crippen LogP contribution in [-0.2, 0) is 22.2 Å². The van der Waals surface area contributed by atoms with E-state index < -0.39 is 11.5 Å². The molecule has 5 rings (SSSR count). The molecule has 0 unspecified atom stereocenters. The molecule has 1 amide bonds. The van der Waals surface area contributed by atoms with Gasteiger partial charge in [0.25, 0.3) is 0 Å². The molecule has 0 bridgehead atoms. The Bertz CT molecular complexity index is 1230. The lowest BCUT2D eigenvalue weighted by Crippen LogP contribution is -2.27. The zero-order valence-electron chi connectivity index (χ0n) is 19.2. The molecule has 3 aromatic rings. The Balaban J connectivity index is 0.00000152. The second-order valence-electron chi connectivity index (χ2n) is 10.1. The minimum absolute atomic E-state index is 0. The highest BCUT2D eigenvalue weighted by atomic mass is 16.7. The second-order valence-corrected chi connectivity index (χ2v) is 10.1. The topological polar surface area (TPSA) is 93.0 Å². The molecule has 1 aromatic heterocycles. The van der Waals surface area contributed by atoms with Crippen LogP contribution in [0.25, 0.3) is 10.9 Å². The molecule has 2 aromatic carbocycles. The average Bonchev–Trinajstić information content (AvgIpc) is 3.32. The van der Waals surface area contributed by atoms with E-state index in [-0.39, 0.29) is 29.0 Å². The number of amides is 1. The van der Waals surface area contributed by atoms with Gasteiger partial charge in [0.05, 0.1) is 24.7 Å². The van der Waals surface area contributed by atoms with E-state index in [2.05, 4.69) is 36.7 Å². The number of anilines is 1. The van der Waals surface area contributed by atoms with Crippen molar-refractivity contribution in [2.24, 2.45) is 0 Å². The predicted octanol–water partition coefficient (Wildman–Crippen LogP) is 4.43. The van der Waals surface area contributed by atoms with E-state index in [0.717, 1.165) is 40.7 Å². The molecule has 1 atom stereocenters. The third-order valence-electron chi connectivity index (χ3n) is 6.64. The molecule has 1 aliphatic carbocycles. The van der Waals surface area contributed by atoms with Crippen LogP contribution in [-0.4, -0.2) is 40.2 Å². The van der Waals surface area contributed by atoms with E-state index in [1.54, 1.807) is 0 Å². The average molecular weight is 457 g/mol.